The number of hydrogen-bond acceptors (Lipinski definition) is 1. The maximum atomic E-state index is 13.0. The van der Waals surface area contributed by atoms with E-state index in [4.69, 9.17) is 11.6 Å². The van der Waals surface area contributed by atoms with Gasteiger partial charge < -0.3 is 5.32 Å². The lowest BCUT2D eigenvalue weighted by Gasteiger charge is -2.07. The number of carbonyl (C=O) groups excluding carboxylic acids is 1. The van der Waals surface area contributed by atoms with Crippen LogP contribution in [-0.2, 0) is 12.4 Å². The van der Waals surface area contributed by atoms with Crippen LogP contribution in [0, 0.1) is 11.6 Å². The fourth-order valence-corrected chi connectivity index (χ4v) is 1.91. The second-order valence-corrected chi connectivity index (χ2v) is 4.53. The molecule has 2 aromatic rings. The molecular formula is C15H12ClF2NO. The molecule has 0 saturated heterocycles. The van der Waals surface area contributed by atoms with Crippen LogP contribution in [0.1, 0.15) is 21.5 Å². The Balaban J connectivity index is 2.02. The van der Waals surface area contributed by atoms with E-state index < -0.39 is 17.5 Å². The molecule has 0 aromatic heterocycles. The van der Waals surface area contributed by atoms with Crippen LogP contribution in [-0.4, -0.2) is 5.91 Å². The molecule has 2 aromatic carbocycles. The minimum atomic E-state index is -1.04. The maximum Gasteiger partial charge on any atom is 0.251 e. The predicted molar refractivity (Wildman–Crippen MR) is 73.5 cm³/mol. The van der Waals surface area contributed by atoms with E-state index in [2.05, 4.69) is 5.32 Å². The Kier molecular flexibility index (Phi) is 4.69. The first kappa shape index (κ1) is 14.5. The maximum absolute atomic E-state index is 13.0. The van der Waals surface area contributed by atoms with E-state index >= 15 is 0 Å². The van der Waals surface area contributed by atoms with Crippen molar-refractivity contribution in [3.8, 4) is 0 Å². The summed E-state index contributed by atoms with van der Waals surface area (Å²) in [5, 5.41) is 2.64. The van der Waals surface area contributed by atoms with Crippen molar-refractivity contribution >= 4 is 17.5 Å². The number of hydrogen-bond donors (Lipinski definition) is 1. The van der Waals surface area contributed by atoms with Gasteiger partial charge in [0.2, 0.25) is 0 Å². The molecule has 0 atom stereocenters. The van der Waals surface area contributed by atoms with Gasteiger partial charge in [0.15, 0.2) is 11.6 Å². The van der Waals surface area contributed by atoms with Crippen LogP contribution in [0.3, 0.4) is 0 Å². The number of nitrogens with one attached hydrogen (secondary N) is 1. The van der Waals surface area contributed by atoms with Crippen molar-refractivity contribution < 1.29 is 13.6 Å². The van der Waals surface area contributed by atoms with Crippen LogP contribution < -0.4 is 5.32 Å². The van der Waals surface area contributed by atoms with Gasteiger partial charge in [0.1, 0.15) is 0 Å². The van der Waals surface area contributed by atoms with Gasteiger partial charge in [0.05, 0.1) is 0 Å². The van der Waals surface area contributed by atoms with Gasteiger partial charge in [-0.25, -0.2) is 8.78 Å². The molecule has 20 heavy (non-hydrogen) atoms. The highest BCUT2D eigenvalue weighted by atomic mass is 35.5. The van der Waals surface area contributed by atoms with Crippen LogP contribution in [0.2, 0.25) is 0 Å². The van der Waals surface area contributed by atoms with E-state index in [-0.39, 0.29) is 5.56 Å². The summed E-state index contributed by atoms with van der Waals surface area (Å²) in [6.45, 7) is 0.294. The van der Waals surface area contributed by atoms with Gasteiger partial charge in [-0.15, -0.1) is 11.6 Å². The van der Waals surface area contributed by atoms with Crippen molar-refractivity contribution in [3.63, 3.8) is 0 Å². The number of benzene rings is 2. The second-order valence-electron chi connectivity index (χ2n) is 4.27. The van der Waals surface area contributed by atoms with Crippen molar-refractivity contribution in [3.05, 3.63) is 70.8 Å². The Hall–Kier alpha value is -1.94. The zero-order chi connectivity index (χ0) is 14.5. The fourth-order valence-electron chi connectivity index (χ4n) is 1.74. The van der Waals surface area contributed by atoms with Crippen molar-refractivity contribution in [2.45, 2.75) is 12.4 Å². The summed E-state index contributed by atoms with van der Waals surface area (Å²) in [6.07, 6.45) is 0. The van der Waals surface area contributed by atoms with Crippen LogP contribution in [0.25, 0.3) is 0 Å². The zero-order valence-corrected chi connectivity index (χ0v) is 11.3. The molecule has 2 rings (SSSR count). The molecule has 0 fully saturated rings. The van der Waals surface area contributed by atoms with Crippen molar-refractivity contribution in [2.24, 2.45) is 0 Å². The largest absolute Gasteiger partial charge is 0.348 e. The number of rotatable bonds is 4. The van der Waals surface area contributed by atoms with E-state index in [1.807, 2.05) is 24.3 Å². The van der Waals surface area contributed by atoms with Gasteiger partial charge >= 0.3 is 0 Å². The molecular weight excluding hydrogens is 284 g/mol. The van der Waals surface area contributed by atoms with Crippen molar-refractivity contribution in [1.29, 1.82) is 0 Å². The fraction of sp³-hybridized carbons (Fsp3) is 0.133. The summed E-state index contributed by atoms with van der Waals surface area (Å²) in [5.41, 5.74) is 1.92. The summed E-state index contributed by atoms with van der Waals surface area (Å²) in [6, 6.07) is 10.5. The summed E-state index contributed by atoms with van der Waals surface area (Å²) in [7, 11) is 0. The van der Waals surface area contributed by atoms with E-state index in [9.17, 15) is 13.6 Å². The number of halogens is 3. The van der Waals surface area contributed by atoms with Gasteiger partial charge in [-0.3, -0.25) is 4.79 Å². The van der Waals surface area contributed by atoms with Gasteiger partial charge in [-0.2, -0.15) is 0 Å². The Bertz CT molecular complexity index is 631. The monoisotopic (exact) mass is 295 g/mol. The highest BCUT2D eigenvalue weighted by Gasteiger charge is 2.09. The Labute approximate surface area is 120 Å². The quantitative estimate of drug-likeness (QED) is 0.857. The van der Waals surface area contributed by atoms with Crippen molar-refractivity contribution in [2.75, 3.05) is 0 Å². The number of amides is 1. The lowest BCUT2D eigenvalue weighted by molar-refractivity contribution is 0.0950. The Morgan fingerprint density at radius 2 is 1.80 bits per heavy atom. The zero-order valence-electron chi connectivity index (χ0n) is 10.5. The first-order valence-electron chi connectivity index (χ1n) is 5.97. The summed E-state index contributed by atoms with van der Waals surface area (Å²) in [4.78, 5) is 11.8. The van der Waals surface area contributed by atoms with Crippen LogP contribution in [0.5, 0.6) is 0 Å². The lowest BCUT2D eigenvalue weighted by atomic mass is 10.1. The third kappa shape index (κ3) is 3.54. The molecule has 0 aliphatic carbocycles. The van der Waals surface area contributed by atoms with Crippen LogP contribution in [0.15, 0.2) is 42.5 Å². The average molecular weight is 296 g/mol. The van der Waals surface area contributed by atoms with Gasteiger partial charge in [0.25, 0.3) is 5.91 Å². The Morgan fingerprint density at radius 3 is 2.50 bits per heavy atom. The average Bonchev–Trinajstić information content (AvgIpc) is 2.47. The molecule has 5 heteroatoms. The molecule has 1 amide bonds. The first-order chi connectivity index (χ1) is 9.60. The smallest absolute Gasteiger partial charge is 0.251 e. The van der Waals surface area contributed by atoms with E-state index in [0.29, 0.717) is 12.4 Å². The highest BCUT2D eigenvalue weighted by Crippen LogP contribution is 2.10. The van der Waals surface area contributed by atoms with E-state index in [1.54, 1.807) is 0 Å². The molecule has 0 aliphatic rings. The van der Waals surface area contributed by atoms with E-state index in [1.165, 1.54) is 6.07 Å². The van der Waals surface area contributed by atoms with Gasteiger partial charge in [0, 0.05) is 18.0 Å². The lowest BCUT2D eigenvalue weighted by Crippen LogP contribution is -2.23. The van der Waals surface area contributed by atoms with Gasteiger partial charge in [-0.05, 0) is 29.3 Å². The minimum Gasteiger partial charge on any atom is -0.348 e. The first-order valence-corrected chi connectivity index (χ1v) is 6.50. The Morgan fingerprint density at radius 1 is 1.05 bits per heavy atom. The van der Waals surface area contributed by atoms with E-state index in [0.717, 1.165) is 23.3 Å². The van der Waals surface area contributed by atoms with Crippen LogP contribution >= 0.6 is 11.6 Å². The van der Waals surface area contributed by atoms with Gasteiger partial charge in [-0.1, -0.05) is 24.3 Å². The molecule has 0 aliphatic heterocycles. The normalized spacial score (nSPS) is 10.3. The van der Waals surface area contributed by atoms with Crippen molar-refractivity contribution in [1.82, 2.24) is 5.32 Å². The standard InChI is InChI=1S/C15H12ClF2NO/c16-8-10-2-1-3-11(6-10)9-19-15(20)12-4-5-13(17)14(18)7-12/h1-7H,8-9H2,(H,19,20). The molecule has 0 saturated carbocycles. The number of carbonyl (C=O) groups is 1. The molecule has 104 valence electrons. The number of alkyl halides is 1. The summed E-state index contributed by atoms with van der Waals surface area (Å²) in [5.74, 6) is -2.08. The topological polar surface area (TPSA) is 29.1 Å². The second kappa shape index (κ2) is 6.48. The minimum absolute atomic E-state index is 0.0809. The van der Waals surface area contributed by atoms with Crippen LogP contribution in [0.4, 0.5) is 8.78 Å². The molecule has 1 N–H and O–H groups in total. The highest BCUT2D eigenvalue weighted by molar-refractivity contribution is 6.17. The molecule has 2 nitrogen and oxygen atoms in total. The predicted octanol–water partition coefficient (Wildman–Crippen LogP) is 3.63. The molecule has 0 bridgehead atoms. The third-order valence-electron chi connectivity index (χ3n) is 2.78. The molecule has 0 radical (unpaired) electrons. The third-order valence-corrected chi connectivity index (χ3v) is 3.09. The summed E-state index contributed by atoms with van der Waals surface area (Å²) >= 11 is 5.73. The summed E-state index contributed by atoms with van der Waals surface area (Å²) < 4.78 is 25.8. The molecule has 0 heterocycles. The molecule has 0 spiro atoms. The SMILES string of the molecule is O=C(NCc1cccc(CCl)c1)c1ccc(F)c(F)c1. The molecule has 0 unspecified atom stereocenters.